The molecule has 1 atom stereocenters. The highest BCUT2D eigenvalue weighted by atomic mass is 32.1. The predicted octanol–water partition coefficient (Wildman–Crippen LogP) is 2.88. The number of carbonyl (C=O) groups excluding carboxylic acids is 1. The lowest BCUT2D eigenvalue weighted by Gasteiger charge is -2.40. The quantitative estimate of drug-likeness (QED) is 0.691. The van der Waals surface area contributed by atoms with Gasteiger partial charge in [0.2, 0.25) is 0 Å². The van der Waals surface area contributed by atoms with Crippen molar-refractivity contribution in [2.24, 2.45) is 5.10 Å². The highest BCUT2D eigenvalue weighted by molar-refractivity contribution is 7.20. The molecule has 30 heavy (non-hydrogen) atoms. The maximum absolute atomic E-state index is 13.6. The van der Waals surface area contributed by atoms with Crippen LogP contribution in [0.3, 0.4) is 0 Å². The average Bonchev–Trinajstić information content (AvgIpc) is 3.30. The van der Waals surface area contributed by atoms with Crippen LogP contribution in [0.2, 0.25) is 0 Å². The summed E-state index contributed by atoms with van der Waals surface area (Å²) in [6, 6.07) is 4.04. The minimum absolute atomic E-state index is 0.259. The molecule has 4 heterocycles. The van der Waals surface area contributed by atoms with Crippen molar-refractivity contribution in [1.82, 2.24) is 19.9 Å². The number of hydrazone groups is 1. The van der Waals surface area contributed by atoms with Crippen molar-refractivity contribution < 1.29 is 18.3 Å². The van der Waals surface area contributed by atoms with E-state index in [4.69, 9.17) is 4.74 Å². The van der Waals surface area contributed by atoms with Crippen LogP contribution in [0.15, 0.2) is 40.4 Å². The third kappa shape index (κ3) is 3.30. The molecule has 5 rings (SSSR count). The monoisotopic (exact) mass is 431 g/mol. The maximum atomic E-state index is 13.6. The molecule has 0 aliphatic carbocycles. The van der Waals surface area contributed by atoms with Crippen LogP contribution in [0, 0.1) is 11.6 Å². The zero-order chi connectivity index (χ0) is 20.8. The molecule has 154 valence electrons. The minimum Gasteiger partial charge on any atom is -0.463 e. The van der Waals surface area contributed by atoms with Gasteiger partial charge in [-0.15, -0.1) is 0 Å². The molecule has 2 aliphatic heterocycles. The summed E-state index contributed by atoms with van der Waals surface area (Å²) in [6.07, 6.45) is 3.22. The van der Waals surface area contributed by atoms with Gasteiger partial charge in [-0.2, -0.15) is 10.1 Å². The highest BCUT2D eigenvalue weighted by Crippen LogP contribution is 2.32. The van der Waals surface area contributed by atoms with E-state index in [0.29, 0.717) is 35.8 Å². The number of benzene rings is 1. The number of ether oxygens (including phenoxy) is 1. The Balaban J connectivity index is 1.24. The summed E-state index contributed by atoms with van der Waals surface area (Å²) in [5.41, 5.74) is 0.392. The number of amides is 2. The van der Waals surface area contributed by atoms with Crippen molar-refractivity contribution in [3.05, 3.63) is 58.0 Å². The van der Waals surface area contributed by atoms with E-state index in [1.54, 1.807) is 18.5 Å². The number of pyridine rings is 1. The van der Waals surface area contributed by atoms with Gasteiger partial charge in [0.25, 0.3) is 10.8 Å². The lowest BCUT2D eigenvalue weighted by Crippen LogP contribution is -2.58. The summed E-state index contributed by atoms with van der Waals surface area (Å²) >= 11 is 1.26. The van der Waals surface area contributed by atoms with Crippen LogP contribution in [-0.2, 0) is 0 Å². The second kappa shape index (κ2) is 7.17. The molecule has 1 fully saturated rings. The first kappa shape index (κ1) is 18.7. The number of nitrogens with zero attached hydrogens (tertiary/aromatic N) is 4. The Morgan fingerprint density at radius 1 is 1.23 bits per heavy atom. The molecule has 1 N–H and O–H groups in total. The Bertz CT molecular complexity index is 1200. The van der Waals surface area contributed by atoms with Gasteiger partial charge >= 0.3 is 6.03 Å². The molecule has 0 spiro atoms. The van der Waals surface area contributed by atoms with Crippen LogP contribution in [0.25, 0.3) is 10.2 Å². The number of nitrogens with one attached hydrogen (secondary N) is 1. The zero-order valence-electron chi connectivity index (χ0n) is 15.4. The van der Waals surface area contributed by atoms with Crippen LogP contribution in [0.4, 0.5) is 13.6 Å². The van der Waals surface area contributed by atoms with E-state index < -0.39 is 17.7 Å². The molecule has 2 aromatic heterocycles. The Morgan fingerprint density at radius 2 is 2.00 bits per heavy atom. The maximum Gasteiger partial charge on any atom is 0.341 e. The standard InChI is InChI=1S/C19H15F2N5O3S/c20-11-5-10(6-12(21)7-11)14-1-4-23-26(14)19(28)25-8-13(9-25)29-18-24-16-15(30-18)2-3-22-17(16)27/h2-7,13-14H,1,8-9H2,(H,22,27). The van der Waals surface area contributed by atoms with Crippen LogP contribution >= 0.6 is 11.3 Å². The van der Waals surface area contributed by atoms with E-state index in [1.165, 1.54) is 33.4 Å². The van der Waals surface area contributed by atoms with E-state index in [1.807, 2.05) is 0 Å². The third-order valence-corrected chi connectivity index (χ3v) is 5.89. The lowest BCUT2D eigenvalue weighted by atomic mass is 10.0. The summed E-state index contributed by atoms with van der Waals surface area (Å²) in [6.45, 7) is 0.642. The van der Waals surface area contributed by atoms with E-state index in [9.17, 15) is 18.4 Å². The zero-order valence-corrected chi connectivity index (χ0v) is 16.2. The molecule has 1 saturated heterocycles. The summed E-state index contributed by atoms with van der Waals surface area (Å²) in [5, 5.41) is 5.69. The molecule has 11 heteroatoms. The second-order valence-electron chi connectivity index (χ2n) is 7.02. The van der Waals surface area contributed by atoms with Gasteiger partial charge in [0, 0.05) is 24.9 Å². The number of hydrogen-bond donors (Lipinski definition) is 1. The van der Waals surface area contributed by atoms with E-state index in [0.717, 1.165) is 10.8 Å². The van der Waals surface area contributed by atoms with Crippen LogP contribution in [-0.4, -0.2) is 51.3 Å². The molecule has 1 unspecified atom stereocenters. The van der Waals surface area contributed by atoms with Crippen molar-refractivity contribution in [3.8, 4) is 5.19 Å². The largest absolute Gasteiger partial charge is 0.463 e. The number of hydrogen-bond acceptors (Lipinski definition) is 6. The van der Waals surface area contributed by atoms with Crippen molar-refractivity contribution in [1.29, 1.82) is 0 Å². The summed E-state index contributed by atoms with van der Waals surface area (Å²) < 4.78 is 33.6. The number of thiazole rings is 1. The fourth-order valence-corrected chi connectivity index (χ4v) is 4.38. The molecular weight excluding hydrogens is 416 g/mol. The molecule has 2 amide bonds. The Labute approximate surface area is 172 Å². The van der Waals surface area contributed by atoms with Crippen molar-refractivity contribution in [2.45, 2.75) is 18.6 Å². The van der Waals surface area contributed by atoms with Gasteiger partial charge in [0.05, 0.1) is 23.8 Å². The van der Waals surface area contributed by atoms with Gasteiger partial charge in [-0.1, -0.05) is 11.3 Å². The first-order valence-corrected chi connectivity index (χ1v) is 10.0. The highest BCUT2D eigenvalue weighted by Gasteiger charge is 2.39. The number of halogens is 2. The molecule has 2 aliphatic rings. The van der Waals surface area contributed by atoms with Crippen LogP contribution in [0.5, 0.6) is 5.19 Å². The third-order valence-electron chi connectivity index (χ3n) is 4.98. The van der Waals surface area contributed by atoms with Gasteiger partial charge in [-0.25, -0.2) is 18.6 Å². The van der Waals surface area contributed by atoms with Gasteiger partial charge in [0.1, 0.15) is 17.7 Å². The number of H-pyrrole nitrogens is 1. The number of aromatic amines is 1. The normalized spacial score (nSPS) is 18.8. The number of likely N-dealkylation sites (tertiary alicyclic amines) is 1. The summed E-state index contributed by atoms with van der Waals surface area (Å²) in [4.78, 5) is 32.8. The second-order valence-corrected chi connectivity index (χ2v) is 8.02. The molecule has 8 nitrogen and oxygen atoms in total. The van der Waals surface area contributed by atoms with Crippen molar-refractivity contribution in [3.63, 3.8) is 0 Å². The molecule has 0 saturated carbocycles. The predicted molar refractivity (Wildman–Crippen MR) is 106 cm³/mol. The van der Waals surface area contributed by atoms with E-state index >= 15 is 0 Å². The smallest absolute Gasteiger partial charge is 0.341 e. The number of urea groups is 1. The molecule has 0 radical (unpaired) electrons. The number of fused-ring (bicyclic) bond motifs is 1. The molecule has 0 bridgehead atoms. The van der Waals surface area contributed by atoms with Crippen LogP contribution < -0.4 is 10.3 Å². The van der Waals surface area contributed by atoms with Gasteiger partial charge in [0.15, 0.2) is 5.52 Å². The lowest BCUT2D eigenvalue weighted by molar-refractivity contribution is 0.0277. The van der Waals surface area contributed by atoms with E-state index in [2.05, 4.69) is 15.1 Å². The minimum atomic E-state index is -0.698. The molecular formula is C19H15F2N5O3S. The first-order chi connectivity index (χ1) is 14.5. The Kier molecular flexibility index (Phi) is 4.46. The summed E-state index contributed by atoms with van der Waals surface area (Å²) in [7, 11) is 0. The fraction of sp³-hybridized carbons (Fsp3) is 0.263. The SMILES string of the molecule is O=C(N1CC(Oc2nc3c(=O)[nH]ccc3s2)C1)N1N=CCC1c1cc(F)cc(F)c1. The summed E-state index contributed by atoms with van der Waals surface area (Å²) in [5.74, 6) is -1.40. The number of carbonyl (C=O) groups is 1. The number of rotatable bonds is 3. The van der Waals surface area contributed by atoms with Gasteiger partial charge in [-0.3, -0.25) is 4.79 Å². The van der Waals surface area contributed by atoms with E-state index in [-0.39, 0.29) is 17.7 Å². The average molecular weight is 431 g/mol. The fourth-order valence-electron chi connectivity index (χ4n) is 3.50. The Morgan fingerprint density at radius 3 is 2.73 bits per heavy atom. The van der Waals surface area contributed by atoms with Crippen molar-refractivity contribution >= 4 is 33.8 Å². The van der Waals surface area contributed by atoms with Gasteiger partial charge in [-0.05, 0) is 23.8 Å². The topological polar surface area (TPSA) is 90.9 Å². The molecule has 1 aromatic carbocycles. The first-order valence-electron chi connectivity index (χ1n) is 9.19. The number of aromatic nitrogens is 2. The van der Waals surface area contributed by atoms with Crippen LogP contribution in [0.1, 0.15) is 18.0 Å². The molecule has 3 aromatic rings. The van der Waals surface area contributed by atoms with Crippen molar-refractivity contribution in [2.75, 3.05) is 13.1 Å². The Hall–Kier alpha value is -3.34. The van der Waals surface area contributed by atoms with Gasteiger partial charge < -0.3 is 14.6 Å².